The third-order valence-electron chi connectivity index (χ3n) is 8.41. The maximum atomic E-state index is 13.1. The van der Waals surface area contributed by atoms with E-state index in [1.807, 2.05) is 4.90 Å². The molecule has 0 radical (unpaired) electrons. The van der Waals surface area contributed by atoms with Crippen molar-refractivity contribution < 1.29 is 47.7 Å². The number of nitrogens with one attached hydrogen (secondary N) is 2. The lowest BCUT2D eigenvalue weighted by atomic mass is 10.0. The average Bonchev–Trinajstić information content (AvgIpc) is 3.38. The Hall–Kier alpha value is -4.35. The van der Waals surface area contributed by atoms with Crippen LogP contribution in [0.1, 0.15) is 45.5 Å². The lowest BCUT2D eigenvalue weighted by Gasteiger charge is -2.34. The molecule has 15 nitrogen and oxygen atoms in total. The van der Waals surface area contributed by atoms with Crippen molar-refractivity contribution in [2.75, 3.05) is 79.0 Å². The van der Waals surface area contributed by atoms with Crippen LogP contribution < -0.4 is 15.4 Å². The molecule has 6 amide bonds. The summed E-state index contributed by atoms with van der Waals surface area (Å²) in [6.45, 7) is 6.88. The largest absolute Gasteiger partial charge is 0.483 e. The summed E-state index contributed by atoms with van der Waals surface area (Å²) in [5.74, 6) is -2.86. The summed E-state index contributed by atoms with van der Waals surface area (Å²) < 4.78 is 24.4. The highest BCUT2D eigenvalue weighted by molar-refractivity contribution is 7.97. The number of ether oxygens (including phenoxy) is 4. The van der Waals surface area contributed by atoms with E-state index in [0.717, 1.165) is 18.0 Å². The molecule has 5 rings (SSSR count). The Morgan fingerprint density at radius 3 is 2.25 bits per heavy atom. The highest BCUT2D eigenvalue weighted by atomic mass is 32.2. The number of carbonyl (C=O) groups excluding carboxylic acids is 6. The molecule has 1 atom stereocenters. The number of imide groups is 2. The van der Waals surface area contributed by atoms with Crippen molar-refractivity contribution in [1.29, 1.82) is 0 Å². The molecule has 3 aliphatic rings. The Morgan fingerprint density at radius 2 is 1.55 bits per heavy atom. The molecule has 51 heavy (non-hydrogen) atoms. The number of benzene rings is 2. The molecule has 2 fully saturated rings. The molecule has 0 aliphatic carbocycles. The number of hydrogen-bond acceptors (Lipinski definition) is 12. The number of aryl methyl sites for hydroxylation is 1. The molecule has 0 aromatic heterocycles. The van der Waals surface area contributed by atoms with Gasteiger partial charge in [-0.25, -0.2) is 4.31 Å². The summed E-state index contributed by atoms with van der Waals surface area (Å²) in [7, 11) is 0. The predicted molar refractivity (Wildman–Crippen MR) is 184 cm³/mol. The second kappa shape index (κ2) is 18.8. The van der Waals surface area contributed by atoms with E-state index >= 15 is 0 Å². The van der Waals surface area contributed by atoms with Gasteiger partial charge in [0.05, 0.1) is 57.2 Å². The van der Waals surface area contributed by atoms with Gasteiger partial charge in [0, 0.05) is 44.0 Å². The van der Waals surface area contributed by atoms with E-state index in [2.05, 4.69) is 46.1 Å². The van der Waals surface area contributed by atoms with E-state index in [1.165, 1.54) is 28.7 Å². The first-order valence-electron chi connectivity index (χ1n) is 17.0. The van der Waals surface area contributed by atoms with Crippen LogP contribution >= 0.6 is 11.9 Å². The summed E-state index contributed by atoms with van der Waals surface area (Å²) >= 11 is 1.73. The maximum Gasteiger partial charge on any atom is 0.266 e. The quantitative estimate of drug-likeness (QED) is 0.128. The second-order valence-corrected chi connectivity index (χ2v) is 13.2. The van der Waals surface area contributed by atoms with Gasteiger partial charge in [-0.05, 0) is 49.6 Å². The smallest absolute Gasteiger partial charge is 0.266 e. The maximum absolute atomic E-state index is 13.1. The van der Waals surface area contributed by atoms with Crippen LogP contribution in [-0.2, 0) is 33.4 Å². The SMILES string of the molecule is Cc1ccc(SN2CCN(C(=O)CCOCCOCCOCCNC(=O)COc3cccc4c3C(=O)N(C3CCC(=O)NC3=O)C4=O)CC2)cc1. The van der Waals surface area contributed by atoms with Crippen LogP contribution in [0.5, 0.6) is 5.75 Å². The zero-order chi connectivity index (χ0) is 36.2. The molecule has 0 bridgehead atoms. The topological polar surface area (TPSA) is 173 Å². The lowest BCUT2D eigenvalue weighted by molar-refractivity contribution is -0.136. The predicted octanol–water partition coefficient (Wildman–Crippen LogP) is 1.18. The fraction of sp³-hybridized carbons (Fsp3) is 0.486. The molecule has 3 heterocycles. The van der Waals surface area contributed by atoms with Gasteiger partial charge in [0.15, 0.2) is 6.61 Å². The molecular formula is C35H43N5O10S. The minimum absolute atomic E-state index is 0.0120. The van der Waals surface area contributed by atoms with Crippen LogP contribution in [0.3, 0.4) is 0 Å². The Kier molecular flexibility index (Phi) is 13.9. The van der Waals surface area contributed by atoms with Crippen LogP contribution in [-0.4, -0.2) is 135 Å². The summed E-state index contributed by atoms with van der Waals surface area (Å²) in [4.78, 5) is 78.6. The van der Waals surface area contributed by atoms with Gasteiger partial charge in [-0.3, -0.25) is 39.0 Å². The molecule has 2 aromatic carbocycles. The molecule has 1 unspecified atom stereocenters. The zero-order valence-corrected chi connectivity index (χ0v) is 29.4. The average molecular weight is 726 g/mol. The van der Waals surface area contributed by atoms with Gasteiger partial charge in [0.1, 0.15) is 11.8 Å². The number of piperidine rings is 1. The normalized spacial score (nSPS) is 17.8. The van der Waals surface area contributed by atoms with Crippen molar-refractivity contribution in [1.82, 2.24) is 24.7 Å². The molecule has 2 saturated heterocycles. The molecule has 16 heteroatoms. The number of hydrogen-bond donors (Lipinski definition) is 2. The number of rotatable bonds is 18. The molecule has 2 aromatic rings. The fourth-order valence-corrected chi connectivity index (χ4v) is 6.60. The van der Waals surface area contributed by atoms with E-state index in [-0.39, 0.29) is 48.8 Å². The third kappa shape index (κ3) is 10.6. The molecular weight excluding hydrogens is 682 g/mol. The van der Waals surface area contributed by atoms with Crippen LogP contribution in [0, 0.1) is 6.92 Å². The summed E-state index contributed by atoms with van der Waals surface area (Å²) in [5.41, 5.74) is 1.27. The fourth-order valence-electron chi connectivity index (χ4n) is 5.70. The second-order valence-electron chi connectivity index (χ2n) is 12.1. The van der Waals surface area contributed by atoms with Crippen LogP contribution in [0.15, 0.2) is 47.4 Å². The van der Waals surface area contributed by atoms with Crippen molar-refractivity contribution in [2.24, 2.45) is 0 Å². The Morgan fingerprint density at radius 1 is 0.863 bits per heavy atom. The van der Waals surface area contributed by atoms with Gasteiger partial charge < -0.3 is 29.2 Å². The van der Waals surface area contributed by atoms with E-state index in [0.29, 0.717) is 52.5 Å². The first-order valence-corrected chi connectivity index (χ1v) is 17.7. The van der Waals surface area contributed by atoms with E-state index in [9.17, 15) is 28.8 Å². The number of nitrogens with zero attached hydrogens (tertiary/aromatic N) is 3. The van der Waals surface area contributed by atoms with Gasteiger partial charge in [-0.1, -0.05) is 23.8 Å². The first-order chi connectivity index (χ1) is 24.7. The number of piperazine rings is 1. The third-order valence-corrected chi connectivity index (χ3v) is 9.51. The van der Waals surface area contributed by atoms with E-state index in [1.54, 1.807) is 11.9 Å². The summed E-state index contributed by atoms with van der Waals surface area (Å²) in [6, 6.07) is 11.8. The van der Waals surface area contributed by atoms with Gasteiger partial charge in [0.25, 0.3) is 17.7 Å². The standard InChI is InChI=1S/C35H43N5O10S/c1-24-5-7-25(8-6-24)51-39-15-13-38(14-16-39)31(43)11-17-47-19-21-49-22-20-48-18-12-36-30(42)23-50-28-4-2-3-26-32(28)35(46)40(34(26)45)27-9-10-29(41)37-33(27)44/h2-8,27H,9-23H2,1H3,(H,36,42)(H,37,41,44). The summed E-state index contributed by atoms with van der Waals surface area (Å²) in [5, 5.41) is 4.80. The van der Waals surface area contributed by atoms with Crippen LogP contribution in [0.25, 0.3) is 0 Å². The molecule has 274 valence electrons. The Bertz CT molecular complexity index is 1580. The molecule has 2 N–H and O–H groups in total. The number of amides is 6. The van der Waals surface area contributed by atoms with Crippen molar-refractivity contribution in [3.63, 3.8) is 0 Å². The van der Waals surface area contributed by atoms with Crippen molar-refractivity contribution in [3.05, 3.63) is 59.2 Å². The van der Waals surface area contributed by atoms with E-state index < -0.39 is 42.2 Å². The lowest BCUT2D eigenvalue weighted by Crippen LogP contribution is -2.54. The van der Waals surface area contributed by atoms with Gasteiger partial charge in [-0.2, -0.15) is 0 Å². The Balaban J connectivity index is 0.860. The monoisotopic (exact) mass is 725 g/mol. The van der Waals surface area contributed by atoms with E-state index in [4.69, 9.17) is 18.9 Å². The highest BCUT2D eigenvalue weighted by Gasteiger charge is 2.46. The van der Waals surface area contributed by atoms with Crippen LogP contribution in [0.4, 0.5) is 0 Å². The number of carbonyl (C=O) groups is 6. The highest BCUT2D eigenvalue weighted by Crippen LogP contribution is 2.33. The van der Waals surface area contributed by atoms with Crippen molar-refractivity contribution in [3.8, 4) is 5.75 Å². The number of fused-ring (bicyclic) bond motifs is 1. The molecule has 0 saturated carbocycles. The van der Waals surface area contributed by atoms with Gasteiger partial charge >= 0.3 is 0 Å². The molecule has 0 spiro atoms. The van der Waals surface area contributed by atoms with Gasteiger partial charge in [-0.15, -0.1) is 0 Å². The molecule has 3 aliphatic heterocycles. The van der Waals surface area contributed by atoms with Crippen molar-refractivity contribution >= 4 is 47.4 Å². The zero-order valence-electron chi connectivity index (χ0n) is 28.6. The first kappa shape index (κ1) is 37.9. The van der Waals surface area contributed by atoms with Gasteiger partial charge in [0.2, 0.25) is 17.7 Å². The van der Waals surface area contributed by atoms with Crippen molar-refractivity contribution in [2.45, 2.75) is 37.1 Å². The summed E-state index contributed by atoms with van der Waals surface area (Å²) in [6.07, 6.45) is 0.382. The minimum atomic E-state index is -1.10. The minimum Gasteiger partial charge on any atom is -0.483 e. The Labute approximate surface area is 300 Å². The van der Waals surface area contributed by atoms with Crippen LogP contribution in [0.2, 0.25) is 0 Å².